The number of aryl methyl sites for hydroxylation is 1. The van der Waals surface area contributed by atoms with Crippen molar-refractivity contribution in [1.82, 2.24) is 4.90 Å². The van der Waals surface area contributed by atoms with Crippen LogP contribution in [0.3, 0.4) is 0 Å². The van der Waals surface area contributed by atoms with E-state index in [-0.39, 0.29) is 23.5 Å². The summed E-state index contributed by atoms with van der Waals surface area (Å²) in [6.07, 6.45) is 2.09. The molecule has 2 aromatic rings. The molecule has 5 nitrogen and oxygen atoms in total. The van der Waals surface area contributed by atoms with Crippen LogP contribution in [0.4, 0.5) is 0 Å². The molecule has 5 heteroatoms. The van der Waals surface area contributed by atoms with Crippen molar-refractivity contribution < 1.29 is 19.1 Å². The number of benzene rings is 1. The monoisotopic (exact) mass is 343 g/mol. The van der Waals surface area contributed by atoms with Gasteiger partial charge in [-0.25, -0.2) is 0 Å². The normalized spacial score (nSPS) is 25.3. The van der Waals surface area contributed by atoms with Crippen LogP contribution in [0.5, 0.6) is 0 Å². The topological polar surface area (TPSA) is 62.9 Å². The van der Waals surface area contributed by atoms with Crippen LogP contribution >= 0.6 is 0 Å². The molecule has 1 spiro atoms. The van der Waals surface area contributed by atoms with Crippen molar-refractivity contribution in [2.45, 2.75) is 45.3 Å². The number of ether oxygens (including phenoxy) is 1. The number of amides is 1. The fourth-order valence-electron chi connectivity index (χ4n) is 4.37. The highest BCUT2D eigenvalue weighted by atomic mass is 16.5. The predicted molar refractivity (Wildman–Crippen MR) is 94.6 cm³/mol. The molecule has 4 rings (SSSR count). The molecule has 25 heavy (non-hydrogen) atoms. The second-order valence-corrected chi connectivity index (χ2v) is 7.37. The van der Waals surface area contributed by atoms with E-state index in [0.29, 0.717) is 31.9 Å². The first-order chi connectivity index (χ1) is 12.0. The first kappa shape index (κ1) is 16.6. The van der Waals surface area contributed by atoms with Gasteiger partial charge in [0.05, 0.1) is 12.2 Å². The van der Waals surface area contributed by atoms with Crippen molar-refractivity contribution in [3.63, 3.8) is 0 Å². The lowest BCUT2D eigenvalue weighted by Gasteiger charge is -2.56. The fraction of sp³-hybridized carbons (Fsp3) is 0.550. The van der Waals surface area contributed by atoms with Crippen molar-refractivity contribution in [3.8, 4) is 0 Å². The van der Waals surface area contributed by atoms with Crippen LogP contribution in [0.15, 0.2) is 28.7 Å². The molecule has 1 saturated carbocycles. The summed E-state index contributed by atoms with van der Waals surface area (Å²) < 4.78 is 11.5. The summed E-state index contributed by atoms with van der Waals surface area (Å²) in [5.74, 6) is 0.331. The molecule has 1 aliphatic heterocycles. The standard InChI is InChI=1S/C20H25NO4/c1-3-24-18-12-17(22)20(18)6-8-21(9-7-20)19(23)16-11-14-10-13(2)4-5-15(14)25-16/h4-5,10-11,17-18,22H,3,6-9,12H2,1-2H3/t17-,18+/m1/s1. The summed E-state index contributed by atoms with van der Waals surface area (Å²) in [6, 6.07) is 7.75. The number of carbonyl (C=O) groups is 1. The summed E-state index contributed by atoms with van der Waals surface area (Å²) in [5, 5.41) is 11.2. The SMILES string of the molecule is CCO[C@H]1C[C@@H](O)C12CCN(C(=O)c1cc3cc(C)ccc3o1)CC2. The second kappa shape index (κ2) is 6.15. The van der Waals surface area contributed by atoms with Gasteiger partial charge in [-0.15, -0.1) is 0 Å². The Kier molecular flexibility index (Phi) is 4.08. The average Bonchev–Trinajstić information content (AvgIpc) is 3.04. The highest BCUT2D eigenvalue weighted by Gasteiger charge is 2.56. The Morgan fingerprint density at radius 1 is 1.36 bits per heavy atom. The molecule has 1 saturated heterocycles. The lowest BCUT2D eigenvalue weighted by molar-refractivity contribution is -0.207. The van der Waals surface area contributed by atoms with Crippen molar-refractivity contribution in [2.75, 3.05) is 19.7 Å². The summed E-state index contributed by atoms with van der Waals surface area (Å²) in [6.45, 7) is 5.95. The molecule has 0 radical (unpaired) electrons. The number of aliphatic hydroxyl groups is 1. The second-order valence-electron chi connectivity index (χ2n) is 7.37. The van der Waals surface area contributed by atoms with Crippen LogP contribution in [0.25, 0.3) is 11.0 Å². The Morgan fingerprint density at radius 3 is 2.80 bits per heavy atom. The number of furan rings is 1. The quantitative estimate of drug-likeness (QED) is 0.930. The number of piperidine rings is 1. The molecule has 1 aliphatic carbocycles. The smallest absolute Gasteiger partial charge is 0.289 e. The van der Waals surface area contributed by atoms with Gasteiger partial charge in [0.15, 0.2) is 5.76 Å². The molecule has 2 heterocycles. The van der Waals surface area contributed by atoms with Gasteiger partial charge in [-0.3, -0.25) is 4.79 Å². The van der Waals surface area contributed by atoms with Gasteiger partial charge in [-0.05, 0) is 44.9 Å². The van der Waals surface area contributed by atoms with Crippen LogP contribution in [0.2, 0.25) is 0 Å². The number of aliphatic hydroxyl groups excluding tert-OH is 1. The molecule has 0 unspecified atom stereocenters. The van der Waals surface area contributed by atoms with E-state index in [1.807, 2.05) is 43.0 Å². The minimum Gasteiger partial charge on any atom is -0.451 e. The van der Waals surface area contributed by atoms with Crippen LogP contribution in [0.1, 0.15) is 42.3 Å². The Balaban J connectivity index is 1.47. The fourth-order valence-corrected chi connectivity index (χ4v) is 4.37. The van der Waals surface area contributed by atoms with Gasteiger partial charge in [-0.2, -0.15) is 0 Å². The molecule has 1 amide bonds. The van der Waals surface area contributed by atoms with E-state index in [1.54, 1.807) is 0 Å². The Bertz CT molecular complexity index is 786. The van der Waals surface area contributed by atoms with Crippen molar-refractivity contribution >= 4 is 16.9 Å². The van der Waals surface area contributed by atoms with E-state index >= 15 is 0 Å². The van der Waals surface area contributed by atoms with Crippen molar-refractivity contribution in [3.05, 3.63) is 35.6 Å². The Morgan fingerprint density at radius 2 is 2.12 bits per heavy atom. The van der Waals surface area contributed by atoms with Crippen LogP contribution in [-0.4, -0.2) is 47.8 Å². The summed E-state index contributed by atoms with van der Waals surface area (Å²) in [5.41, 5.74) is 1.72. The number of fused-ring (bicyclic) bond motifs is 1. The van der Waals surface area contributed by atoms with Gasteiger partial charge in [0.1, 0.15) is 5.58 Å². The zero-order valence-corrected chi connectivity index (χ0v) is 14.8. The number of likely N-dealkylation sites (tertiary alicyclic amines) is 1. The molecule has 1 aromatic carbocycles. The molecular formula is C20H25NO4. The van der Waals surface area contributed by atoms with E-state index in [0.717, 1.165) is 29.4 Å². The molecule has 2 aliphatic rings. The Hall–Kier alpha value is -1.85. The van der Waals surface area contributed by atoms with E-state index in [2.05, 4.69) is 0 Å². The molecule has 1 aromatic heterocycles. The lowest BCUT2D eigenvalue weighted by Crippen LogP contribution is -2.62. The zero-order chi connectivity index (χ0) is 17.6. The van der Waals surface area contributed by atoms with Crippen LogP contribution in [-0.2, 0) is 4.74 Å². The number of hydrogen-bond donors (Lipinski definition) is 1. The molecular weight excluding hydrogens is 318 g/mol. The maximum absolute atomic E-state index is 12.8. The molecule has 1 N–H and O–H groups in total. The highest BCUT2D eigenvalue weighted by Crippen LogP contribution is 2.51. The van der Waals surface area contributed by atoms with E-state index in [9.17, 15) is 9.90 Å². The summed E-state index contributed by atoms with van der Waals surface area (Å²) in [7, 11) is 0. The van der Waals surface area contributed by atoms with Crippen LogP contribution in [0, 0.1) is 12.3 Å². The predicted octanol–water partition coefficient (Wildman–Crippen LogP) is 3.13. The Labute approximate surface area is 147 Å². The summed E-state index contributed by atoms with van der Waals surface area (Å²) >= 11 is 0. The maximum atomic E-state index is 12.8. The molecule has 2 fully saturated rings. The van der Waals surface area contributed by atoms with Gasteiger partial charge in [-0.1, -0.05) is 11.6 Å². The third-order valence-electron chi connectivity index (χ3n) is 5.97. The van der Waals surface area contributed by atoms with Gasteiger partial charge in [0.25, 0.3) is 5.91 Å². The number of hydrogen-bond acceptors (Lipinski definition) is 4. The highest BCUT2D eigenvalue weighted by molar-refractivity contribution is 5.96. The largest absolute Gasteiger partial charge is 0.451 e. The molecule has 2 atom stereocenters. The molecule has 0 bridgehead atoms. The van der Waals surface area contributed by atoms with Gasteiger partial charge < -0.3 is 19.2 Å². The lowest BCUT2D eigenvalue weighted by atomic mass is 9.58. The summed E-state index contributed by atoms with van der Waals surface area (Å²) in [4.78, 5) is 14.6. The first-order valence-corrected chi connectivity index (χ1v) is 9.12. The number of nitrogens with zero attached hydrogens (tertiary/aromatic N) is 1. The van der Waals surface area contributed by atoms with E-state index in [4.69, 9.17) is 9.15 Å². The van der Waals surface area contributed by atoms with Gasteiger partial charge in [0, 0.05) is 36.9 Å². The first-order valence-electron chi connectivity index (χ1n) is 9.12. The van der Waals surface area contributed by atoms with Gasteiger partial charge >= 0.3 is 0 Å². The van der Waals surface area contributed by atoms with E-state index < -0.39 is 0 Å². The van der Waals surface area contributed by atoms with Crippen LogP contribution < -0.4 is 0 Å². The maximum Gasteiger partial charge on any atom is 0.289 e. The minimum absolute atomic E-state index is 0.0644. The average molecular weight is 343 g/mol. The van der Waals surface area contributed by atoms with E-state index in [1.165, 1.54) is 0 Å². The number of rotatable bonds is 3. The van der Waals surface area contributed by atoms with Crippen molar-refractivity contribution in [1.29, 1.82) is 0 Å². The molecule has 134 valence electrons. The van der Waals surface area contributed by atoms with Gasteiger partial charge in [0.2, 0.25) is 0 Å². The minimum atomic E-state index is -0.310. The zero-order valence-electron chi connectivity index (χ0n) is 14.8. The third-order valence-corrected chi connectivity index (χ3v) is 5.97. The number of carbonyl (C=O) groups excluding carboxylic acids is 1. The van der Waals surface area contributed by atoms with Crippen molar-refractivity contribution in [2.24, 2.45) is 5.41 Å². The third kappa shape index (κ3) is 2.66.